The molecule has 2 rings (SSSR count). The molecule has 0 radical (unpaired) electrons. The first kappa shape index (κ1) is 13.9. The molecule has 1 aliphatic heterocycles. The lowest BCUT2D eigenvalue weighted by molar-refractivity contribution is -0.115. The molecule has 1 saturated heterocycles. The minimum atomic E-state index is 0.0353. The minimum Gasteiger partial charge on any atom is -0.411 e. The third-order valence-electron chi connectivity index (χ3n) is 3.20. The van der Waals surface area contributed by atoms with Crippen LogP contribution in [-0.2, 0) is 4.79 Å². The normalized spacial score (nSPS) is 20.1. The summed E-state index contributed by atoms with van der Waals surface area (Å²) in [5.74, 6) is 1.10. The van der Waals surface area contributed by atoms with E-state index in [9.17, 15) is 4.79 Å². The molecule has 0 bridgehead atoms. The van der Waals surface area contributed by atoms with E-state index in [-0.39, 0.29) is 11.2 Å². The number of carbonyl (C=O) groups is 1. The van der Waals surface area contributed by atoms with Gasteiger partial charge in [0.1, 0.15) is 0 Å². The Hall–Kier alpha value is -1.49. The second-order valence-corrected chi connectivity index (χ2v) is 5.89. The largest absolute Gasteiger partial charge is 0.411 e. The topological polar surface area (TPSA) is 61.7 Å². The second-order valence-electron chi connectivity index (χ2n) is 4.58. The smallest absolute Gasteiger partial charge is 0.237 e. The van der Waals surface area contributed by atoms with Crippen molar-refractivity contribution in [2.24, 2.45) is 5.16 Å². The molecule has 102 valence electrons. The predicted octanol–water partition coefficient (Wildman–Crippen LogP) is 3.11. The molecule has 0 saturated carbocycles. The van der Waals surface area contributed by atoms with Gasteiger partial charge in [-0.2, -0.15) is 0 Å². The maximum atomic E-state index is 12.2. The molecule has 1 fully saturated rings. The van der Waals surface area contributed by atoms with Crippen LogP contribution in [-0.4, -0.2) is 27.8 Å². The molecule has 0 aromatic heterocycles. The fraction of sp³-hybridized carbons (Fsp3) is 0.429. The Morgan fingerprint density at radius 3 is 2.89 bits per heavy atom. The lowest BCUT2D eigenvalue weighted by atomic mass is 10.1. The first-order valence-corrected chi connectivity index (χ1v) is 7.48. The SMILES string of the molecule is C/C(=N/O)c1ccccc1NC(=O)C1CCCCS1. The molecule has 1 aliphatic rings. The number of carbonyl (C=O) groups excluding carboxylic acids is 1. The second kappa shape index (κ2) is 6.61. The number of nitrogens with one attached hydrogen (secondary N) is 1. The van der Waals surface area contributed by atoms with E-state index in [1.54, 1.807) is 18.7 Å². The van der Waals surface area contributed by atoms with Crippen LogP contribution < -0.4 is 5.32 Å². The van der Waals surface area contributed by atoms with Gasteiger partial charge < -0.3 is 10.5 Å². The monoisotopic (exact) mass is 278 g/mol. The summed E-state index contributed by atoms with van der Waals surface area (Å²) in [6.07, 6.45) is 3.25. The zero-order chi connectivity index (χ0) is 13.7. The number of rotatable bonds is 3. The summed E-state index contributed by atoms with van der Waals surface area (Å²) in [5.41, 5.74) is 1.94. The highest BCUT2D eigenvalue weighted by atomic mass is 32.2. The van der Waals surface area contributed by atoms with E-state index in [4.69, 9.17) is 5.21 Å². The number of hydrogen-bond acceptors (Lipinski definition) is 4. The van der Waals surface area contributed by atoms with Crippen LogP contribution in [0.15, 0.2) is 29.4 Å². The zero-order valence-corrected chi connectivity index (χ0v) is 11.7. The summed E-state index contributed by atoms with van der Waals surface area (Å²) in [5, 5.41) is 15.0. The summed E-state index contributed by atoms with van der Waals surface area (Å²) in [7, 11) is 0. The molecule has 19 heavy (non-hydrogen) atoms. The van der Waals surface area contributed by atoms with Crippen LogP contribution in [0, 0.1) is 0 Å². The molecular formula is C14H18N2O2S. The van der Waals surface area contributed by atoms with Gasteiger partial charge in [-0.1, -0.05) is 29.8 Å². The molecule has 2 N–H and O–H groups in total. The molecule has 1 amide bonds. The molecule has 1 unspecified atom stereocenters. The lowest BCUT2D eigenvalue weighted by Crippen LogP contribution is -2.28. The molecule has 5 heteroatoms. The van der Waals surface area contributed by atoms with Gasteiger partial charge in [-0.3, -0.25) is 4.79 Å². The number of nitrogens with zero attached hydrogens (tertiary/aromatic N) is 1. The summed E-state index contributed by atoms with van der Waals surface area (Å²) in [6.45, 7) is 1.71. The van der Waals surface area contributed by atoms with Gasteiger partial charge in [-0.05, 0) is 31.6 Å². The third-order valence-corrected chi connectivity index (χ3v) is 4.57. The van der Waals surface area contributed by atoms with Crippen LogP contribution in [0.1, 0.15) is 31.7 Å². The van der Waals surface area contributed by atoms with Crippen LogP contribution in [0.3, 0.4) is 0 Å². The van der Waals surface area contributed by atoms with Gasteiger partial charge in [0.05, 0.1) is 11.0 Å². The van der Waals surface area contributed by atoms with Crippen molar-refractivity contribution in [3.05, 3.63) is 29.8 Å². The average Bonchev–Trinajstić information content (AvgIpc) is 2.48. The number of oxime groups is 1. The Morgan fingerprint density at radius 2 is 2.21 bits per heavy atom. The number of benzene rings is 1. The Kier molecular flexibility index (Phi) is 4.85. The van der Waals surface area contributed by atoms with Gasteiger partial charge in [0.15, 0.2) is 0 Å². The van der Waals surface area contributed by atoms with Crippen molar-refractivity contribution in [2.75, 3.05) is 11.1 Å². The Balaban J connectivity index is 2.12. The Bertz CT molecular complexity index is 482. The van der Waals surface area contributed by atoms with Crippen molar-refractivity contribution < 1.29 is 10.0 Å². The Labute approximate surface area is 117 Å². The fourth-order valence-electron chi connectivity index (χ4n) is 2.12. The van der Waals surface area contributed by atoms with Gasteiger partial charge in [0, 0.05) is 11.3 Å². The fourth-order valence-corrected chi connectivity index (χ4v) is 3.32. The van der Waals surface area contributed by atoms with Gasteiger partial charge >= 0.3 is 0 Å². The van der Waals surface area contributed by atoms with Gasteiger partial charge in [0.25, 0.3) is 0 Å². The van der Waals surface area contributed by atoms with Crippen molar-refractivity contribution in [1.82, 2.24) is 0 Å². The van der Waals surface area contributed by atoms with Gasteiger partial charge in [-0.15, -0.1) is 11.8 Å². The molecule has 1 aromatic rings. The van der Waals surface area contributed by atoms with Crippen molar-refractivity contribution in [3.8, 4) is 0 Å². The maximum Gasteiger partial charge on any atom is 0.237 e. The first-order valence-electron chi connectivity index (χ1n) is 6.43. The standard InChI is InChI=1S/C14H18N2O2S/c1-10(16-18)11-6-2-3-7-12(11)15-14(17)13-8-4-5-9-19-13/h2-3,6-7,13,18H,4-5,8-9H2,1H3,(H,15,17)/b16-10-. The Morgan fingerprint density at radius 1 is 1.42 bits per heavy atom. The van der Waals surface area contributed by atoms with Crippen LogP contribution in [0.5, 0.6) is 0 Å². The highest BCUT2D eigenvalue weighted by Crippen LogP contribution is 2.26. The van der Waals surface area contributed by atoms with Crippen molar-refractivity contribution in [1.29, 1.82) is 0 Å². The minimum absolute atomic E-state index is 0.0353. The van der Waals surface area contributed by atoms with Gasteiger partial charge in [0.2, 0.25) is 5.91 Å². The molecule has 1 heterocycles. The summed E-state index contributed by atoms with van der Waals surface area (Å²) < 4.78 is 0. The van der Waals surface area contributed by atoms with E-state index in [0.29, 0.717) is 11.4 Å². The number of amides is 1. The van der Waals surface area contributed by atoms with Crippen molar-refractivity contribution in [3.63, 3.8) is 0 Å². The van der Waals surface area contributed by atoms with Crippen LogP contribution in [0.4, 0.5) is 5.69 Å². The van der Waals surface area contributed by atoms with E-state index in [1.165, 1.54) is 6.42 Å². The first-order chi connectivity index (χ1) is 9.22. The molecule has 0 spiro atoms. The average molecular weight is 278 g/mol. The van der Waals surface area contributed by atoms with Crippen LogP contribution in [0.2, 0.25) is 0 Å². The van der Waals surface area contributed by atoms with E-state index >= 15 is 0 Å². The van der Waals surface area contributed by atoms with E-state index in [0.717, 1.165) is 24.2 Å². The lowest BCUT2D eigenvalue weighted by Gasteiger charge is -2.21. The number of anilines is 1. The predicted molar refractivity (Wildman–Crippen MR) is 79.2 cm³/mol. The van der Waals surface area contributed by atoms with Crippen LogP contribution in [0.25, 0.3) is 0 Å². The molecule has 4 nitrogen and oxygen atoms in total. The molecule has 1 atom stereocenters. The summed E-state index contributed by atoms with van der Waals surface area (Å²) in [4.78, 5) is 12.2. The summed E-state index contributed by atoms with van der Waals surface area (Å²) in [6, 6.07) is 7.38. The maximum absolute atomic E-state index is 12.2. The molecule has 1 aromatic carbocycles. The summed E-state index contributed by atoms with van der Waals surface area (Å²) >= 11 is 1.72. The van der Waals surface area contributed by atoms with E-state index < -0.39 is 0 Å². The number of hydrogen-bond donors (Lipinski definition) is 2. The van der Waals surface area contributed by atoms with Gasteiger partial charge in [-0.25, -0.2) is 0 Å². The zero-order valence-electron chi connectivity index (χ0n) is 10.9. The highest BCUT2D eigenvalue weighted by molar-refractivity contribution is 8.00. The van der Waals surface area contributed by atoms with Crippen molar-refractivity contribution >= 4 is 29.1 Å². The third kappa shape index (κ3) is 3.50. The molecule has 0 aliphatic carbocycles. The quantitative estimate of drug-likeness (QED) is 0.507. The molecular weight excluding hydrogens is 260 g/mol. The van der Waals surface area contributed by atoms with E-state index in [1.807, 2.05) is 24.3 Å². The number of thioether (sulfide) groups is 1. The van der Waals surface area contributed by atoms with E-state index in [2.05, 4.69) is 10.5 Å². The van der Waals surface area contributed by atoms with Crippen LogP contribution >= 0.6 is 11.8 Å². The van der Waals surface area contributed by atoms with Crippen molar-refractivity contribution in [2.45, 2.75) is 31.4 Å². The highest BCUT2D eigenvalue weighted by Gasteiger charge is 2.22. The number of para-hydroxylation sites is 1.